The van der Waals surface area contributed by atoms with Gasteiger partial charge in [-0.2, -0.15) is 5.10 Å². The number of anilines is 1. The van der Waals surface area contributed by atoms with Gasteiger partial charge in [0.25, 0.3) is 5.70 Å². The monoisotopic (exact) mass is 476 g/mol. The van der Waals surface area contributed by atoms with Crippen LogP contribution in [0.2, 0.25) is 0 Å². The van der Waals surface area contributed by atoms with Crippen LogP contribution in [0.1, 0.15) is 68.8 Å². The van der Waals surface area contributed by atoms with E-state index in [-0.39, 0.29) is 24.3 Å². The summed E-state index contributed by atoms with van der Waals surface area (Å²) in [5, 5.41) is 20.3. The Morgan fingerprint density at radius 2 is 2.09 bits per heavy atom. The number of hydrazone groups is 1. The van der Waals surface area contributed by atoms with E-state index in [9.17, 15) is 19.7 Å². The van der Waals surface area contributed by atoms with Crippen LogP contribution in [0.15, 0.2) is 16.4 Å². The van der Waals surface area contributed by atoms with Crippen molar-refractivity contribution in [3.05, 3.63) is 37.4 Å². The Labute approximate surface area is 198 Å². The van der Waals surface area contributed by atoms with Crippen LogP contribution >= 0.6 is 11.3 Å². The Bertz CT molecular complexity index is 1020. The number of thiophene rings is 1. The van der Waals surface area contributed by atoms with Crippen molar-refractivity contribution in [2.45, 2.75) is 66.8 Å². The average Bonchev–Trinajstić information content (AvgIpc) is 3.06. The van der Waals surface area contributed by atoms with Gasteiger partial charge in [-0.05, 0) is 56.9 Å². The van der Waals surface area contributed by atoms with Crippen molar-refractivity contribution in [2.24, 2.45) is 16.4 Å². The van der Waals surface area contributed by atoms with Crippen molar-refractivity contribution in [3.8, 4) is 0 Å². The smallest absolute Gasteiger partial charge is 0.341 e. The fraction of sp³-hybridized carbons (Fsp3) is 0.609. The molecule has 1 aliphatic carbocycles. The number of fused-ring (bicyclic) bond motifs is 1. The zero-order valence-corrected chi connectivity index (χ0v) is 20.9. The minimum atomic E-state index is -0.649. The Kier molecular flexibility index (Phi) is 7.26. The van der Waals surface area contributed by atoms with E-state index < -0.39 is 22.8 Å². The molecule has 33 heavy (non-hydrogen) atoms. The highest BCUT2D eigenvalue weighted by Gasteiger charge is 2.35. The summed E-state index contributed by atoms with van der Waals surface area (Å²) in [7, 11) is 0. The molecule has 0 aromatic carbocycles. The molecule has 3 rings (SSSR count). The highest BCUT2D eigenvalue weighted by Crippen LogP contribution is 2.44. The van der Waals surface area contributed by atoms with Crippen molar-refractivity contribution < 1.29 is 19.2 Å². The van der Waals surface area contributed by atoms with Gasteiger partial charge in [0.2, 0.25) is 5.91 Å². The molecule has 0 saturated carbocycles. The van der Waals surface area contributed by atoms with Gasteiger partial charge >= 0.3 is 5.97 Å². The fourth-order valence-corrected chi connectivity index (χ4v) is 5.75. The van der Waals surface area contributed by atoms with Gasteiger partial charge in [-0.25, -0.2) is 4.79 Å². The van der Waals surface area contributed by atoms with Crippen LogP contribution in [-0.2, 0) is 22.4 Å². The number of nitrogens with one attached hydrogen (secondary N) is 1. The Morgan fingerprint density at radius 1 is 1.39 bits per heavy atom. The van der Waals surface area contributed by atoms with Gasteiger partial charge in [-0.15, -0.1) is 11.3 Å². The SMILES string of the molecule is CCOC(=O)c1c(NC(=O)CN2N=CC(C)=C([N+](=O)[O-])[C@H]2C)sc2c1CC[C@@H](C(C)(C)C)C2. The van der Waals surface area contributed by atoms with Crippen LogP contribution in [-0.4, -0.2) is 47.2 Å². The zero-order chi connectivity index (χ0) is 24.5. The number of rotatable bonds is 6. The van der Waals surface area contributed by atoms with Crippen LogP contribution in [0.3, 0.4) is 0 Å². The second-order valence-electron chi connectivity index (χ2n) is 9.63. The van der Waals surface area contributed by atoms with Crippen LogP contribution < -0.4 is 5.32 Å². The van der Waals surface area contributed by atoms with Crippen LogP contribution in [0, 0.1) is 21.4 Å². The summed E-state index contributed by atoms with van der Waals surface area (Å²) in [4.78, 5) is 37.7. The number of amides is 1. The van der Waals surface area contributed by atoms with E-state index in [1.165, 1.54) is 22.6 Å². The highest BCUT2D eigenvalue weighted by atomic mass is 32.1. The van der Waals surface area contributed by atoms with Gasteiger partial charge in [0.1, 0.15) is 17.6 Å². The molecule has 1 aromatic heterocycles. The fourth-order valence-electron chi connectivity index (χ4n) is 4.42. The summed E-state index contributed by atoms with van der Waals surface area (Å²) in [6.07, 6.45) is 3.99. The molecule has 180 valence electrons. The predicted octanol–water partition coefficient (Wildman–Crippen LogP) is 4.25. The third-order valence-corrected chi connectivity index (χ3v) is 7.54. The van der Waals surface area contributed by atoms with Crippen LogP contribution in [0.4, 0.5) is 5.00 Å². The molecule has 0 bridgehead atoms. The predicted molar refractivity (Wildman–Crippen MR) is 128 cm³/mol. The average molecular weight is 477 g/mol. The molecule has 0 fully saturated rings. The summed E-state index contributed by atoms with van der Waals surface area (Å²) in [5.41, 5.74) is 2.04. The standard InChI is InChI=1S/C23H32N4O5S/c1-7-32-22(29)19-16-9-8-15(23(4,5)6)10-17(16)33-21(19)25-18(28)12-26-14(3)20(27(30)31)13(2)11-24-26/h11,14-15H,7-10,12H2,1-6H3,(H,25,28)/t14-,15-/m1/s1. The second kappa shape index (κ2) is 9.62. The third-order valence-electron chi connectivity index (χ3n) is 6.37. The van der Waals surface area contributed by atoms with Crippen molar-refractivity contribution in [3.63, 3.8) is 0 Å². The minimum absolute atomic E-state index is 0.0184. The van der Waals surface area contributed by atoms with Crippen LogP contribution in [0.25, 0.3) is 0 Å². The van der Waals surface area contributed by atoms with Crippen molar-refractivity contribution in [2.75, 3.05) is 18.5 Å². The first-order valence-corrected chi connectivity index (χ1v) is 12.0. The number of ether oxygens (including phenoxy) is 1. The summed E-state index contributed by atoms with van der Waals surface area (Å²) in [6, 6.07) is -0.649. The van der Waals surface area contributed by atoms with Gasteiger partial charge in [0, 0.05) is 10.5 Å². The van der Waals surface area contributed by atoms with Crippen molar-refractivity contribution >= 4 is 34.4 Å². The summed E-state index contributed by atoms with van der Waals surface area (Å²) >= 11 is 1.43. The molecule has 9 nitrogen and oxygen atoms in total. The normalized spacial score (nSPS) is 20.5. The highest BCUT2D eigenvalue weighted by molar-refractivity contribution is 7.17. The molecule has 0 spiro atoms. The van der Waals surface area contributed by atoms with Gasteiger partial charge in [0.15, 0.2) is 0 Å². The number of hydrogen-bond acceptors (Lipinski definition) is 8. The van der Waals surface area contributed by atoms with E-state index in [1.54, 1.807) is 20.8 Å². The quantitative estimate of drug-likeness (QED) is 0.373. The van der Waals surface area contributed by atoms with Gasteiger partial charge in [-0.3, -0.25) is 19.9 Å². The molecule has 0 saturated heterocycles. The van der Waals surface area contributed by atoms with Gasteiger partial charge < -0.3 is 10.1 Å². The molecule has 2 atom stereocenters. The summed E-state index contributed by atoms with van der Waals surface area (Å²) in [6.45, 7) is 11.8. The molecule has 1 N–H and O–H groups in total. The third kappa shape index (κ3) is 5.26. The molecule has 2 heterocycles. The number of nitrogens with zero attached hydrogens (tertiary/aromatic N) is 3. The first kappa shape index (κ1) is 24.9. The van der Waals surface area contributed by atoms with E-state index in [4.69, 9.17) is 4.74 Å². The molecular formula is C23H32N4O5S. The first-order valence-electron chi connectivity index (χ1n) is 11.2. The zero-order valence-electron chi connectivity index (χ0n) is 20.1. The largest absolute Gasteiger partial charge is 0.462 e. The van der Waals surface area contributed by atoms with E-state index in [0.29, 0.717) is 22.1 Å². The lowest BCUT2D eigenvalue weighted by Crippen LogP contribution is -2.40. The molecular weight excluding hydrogens is 444 g/mol. The maximum atomic E-state index is 12.9. The van der Waals surface area contributed by atoms with Gasteiger partial charge in [-0.1, -0.05) is 20.8 Å². The van der Waals surface area contributed by atoms with Crippen molar-refractivity contribution in [1.29, 1.82) is 0 Å². The number of allylic oxidation sites excluding steroid dienone is 1. The Morgan fingerprint density at radius 3 is 2.70 bits per heavy atom. The number of esters is 1. The summed E-state index contributed by atoms with van der Waals surface area (Å²) in [5.74, 6) is -0.336. The summed E-state index contributed by atoms with van der Waals surface area (Å²) < 4.78 is 5.29. The first-order chi connectivity index (χ1) is 15.4. The molecule has 2 aliphatic rings. The van der Waals surface area contributed by atoms with E-state index in [0.717, 1.165) is 29.7 Å². The molecule has 1 amide bonds. The number of hydrogen-bond donors (Lipinski definition) is 1. The van der Waals surface area contributed by atoms with E-state index >= 15 is 0 Å². The number of carbonyl (C=O) groups is 2. The Hall–Kier alpha value is -2.75. The topological polar surface area (TPSA) is 114 Å². The molecule has 0 unspecified atom stereocenters. The number of carbonyl (C=O) groups excluding carboxylic acids is 2. The lowest BCUT2D eigenvalue weighted by molar-refractivity contribution is -0.433. The minimum Gasteiger partial charge on any atom is -0.462 e. The Balaban J connectivity index is 1.82. The van der Waals surface area contributed by atoms with Crippen molar-refractivity contribution in [1.82, 2.24) is 5.01 Å². The number of nitro groups is 1. The lowest BCUT2D eigenvalue weighted by atomic mass is 9.72. The van der Waals surface area contributed by atoms with Crippen LogP contribution in [0.5, 0.6) is 0 Å². The van der Waals surface area contributed by atoms with E-state index in [1.807, 2.05) is 0 Å². The maximum Gasteiger partial charge on any atom is 0.341 e. The second-order valence-corrected chi connectivity index (χ2v) is 10.7. The molecule has 10 heteroatoms. The molecule has 1 aromatic rings. The molecule has 0 radical (unpaired) electrons. The molecule has 1 aliphatic heterocycles. The maximum absolute atomic E-state index is 12.9. The van der Waals surface area contributed by atoms with Gasteiger partial charge in [0.05, 0.1) is 23.3 Å². The van der Waals surface area contributed by atoms with E-state index in [2.05, 4.69) is 31.2 Å². The lowest BCUT2D eigenvalue weighted by Gasteiger charge is -2.33.